The number of aromatic nitrogens is 2. The highest BCUT2D eigenvalue weighted by atomic mass is 35.5. The molecule has 1 unspecified atom stereocenters. The number of halogens is 2. The number of rotatable bonds is 3. The summed E-state index contributed by atoms with van der Waals surface area (Å²) >= 11 is 12.2. The van der Waals surface area contributed by atoms with E-state index in [9.17, 15) is 0 Å². The highest BCUT2D eigenvalue weighted by Crippen LogP contribution is 2.27. The minimum Gasteiger partial charge on any atom is -0.355 e. The molecule has 0 amide bonds. The van der Waals surface area contributed by atoms with Crippen molar-refractivity contribution in [2.45, 2.75) is 38.1 Å². The van der Waals surface area contributed by atoms with Crippen molar-refractivity contribution in [1.82, 2.24) is 9.97 Å². The quantitative estimate of drug-likeness (QED) is 0.759. The number of nitrogens with zero attached hydrogens (tertiary/aromatic N) is 3. The summed E-state index contributed by atoms with van der Waals surface area (Å²) in [6.07, 6.45) is 12.1. The molecule has 3 N–H and O–H groups in total. The van der Waals surface area contributed by atoms with Crippen LogP contribution in [0.1, 0.15) is 38.3 Å². The van der Waals surface area contributed by atoms with Crippen LogP contribution in [0.25, 0.3) is 0 Å². The second kappa shape index (κ2) is 7.91. The molecule has 2 aliphatic rings. The summed E-state index contributed by atoms with van der Waals surface area (Å²) in [5, 5.41) is 9.44. The molecule has 26 heavy (non-hydrogen) atoms. The van der Waals surface area contributed by atoms with Crippen LogP contribution < -0.4 is 10.6 Å². The summed E-state index contributed by atoms with van der Waals surface area (Å²) in [6, 6.07) is 0. The molecule has 5 nitrogen and oxygen atoms in total. The molecule has 1 fully saturated rings. The summed E-state index contributed by atoms with van der Waals surface area (Å²) < 4.78 is 0. The Labute approximate surface area is 164 Å². The molecule has 1 aromatic rings. The van der Waals surface area contributed by atoms with Crippen LogP contribution in [-0.4, -0.2) is 34.3 Å². The molecule has 0 spiro atoms. The summed E-state index contributed by atoms with van der Waals surface area (Å²) in [4.78, 5) is 11.2. The lowest BCUT2D eigenvalue weighted by Crippen LogP contribution is -2.37. The lowest BCUT2D eigenvalue weighted by molar-refractivity contribution is 0.421. The molecule has 1 aliphatic carbocycles. The first-order valence-electron chi connectivity index (χ1n) is 8.72. The molecule has 2 heterocycles. The van der Waals surface area contributed by atoms with E-state index in [-0.39, 0.29) is 5.54 Å². The van der Waals surface area contributed by atoms with Gasteiger partial charge in [-0.2, -0.15) is 0 Å². The van der Waals surface area contributed by atoms with Gasteiger partial charge in [-0.1, -0.05) is 35.4 Å². The van der Waals surface area contributed by atoms with E-state index in [2.05, 4.69) is 21.8 Å². The summed E-state index contributed by atoms with van der Waals surface area (Å²) in [7, 11) is 0. The third kappa shape index (κ3) is 4.53. The first-order chi connectivity index (χ1) is 12.4. The molecule has 0 radical (unpaired) electrons. The lowest BCUT2D eigenvalue weighted by Gasteiger charge is -2.24. The van der Waals surface area contributed by atoms with Crippen LogP contribution in [0.2, 0.25) is 0 Å². The van der Waals surface area contributed by atoms with Crippen LogP contribution in [0, 0.1) is 5.41 Å². The van der Waals surface area contributed by atoms with Gasteiger partial charge in [-0.05, 0) is 37.8 Å². The van der Waals surface area contributed by atoms with Gasteiger partial charge in [0.2, 0.25) is 0 Å². The van der Waals surface area contributed by atoms with E-state index in [4.69, 9.17) is 34.3 Å². The van der Waals surface area contributed by atoms with Crippen LogP contribution in [0.3, 0.4) is 0 Å². The van der Waals surface area contributed by atoms with Gasteiger partial charge in [-0.15, -0.1) is 0 Å². The number of nitrogens with two attached hydrogens (primary N) is 1. The Bertz CT molecular complexity index is 778. The van der Waals surface area contributed by atoms with Crippen LogP contribution >= 0.6 is 23.2 Å². The Morgan fingerprint density at radius 2 is 2.04 bits per heavy atom. The Balaban J connectivity index is 1.72. The standard InChI is InChI=1S/C19H23Cl2N5/c1-19(23)6-3-8-26(9-7-19)17-12-24-16(11-25-17)18(22)13-4-2-5-14(20)15(21)10-13/h2,4-5,11-12,22H,3,6-10,23H2,1H3. The second-order valence-corrected chi connectivity index (χ2v) is 7.97. The first-order valence-corrected chi connectivity index (χ1v) is 9.48. The summed E-state index contributed by atoms with van der Waals surface area (Å²) in [5.74, 6) is 0.829. The monoisotopic (exact) mass is 391 g/mol. The topological polar surface area (TPSA) is 78.9 Å². The Morgan fingerprint density at radius 1 is 1.23 bits per heavy atom. The minimum atomic E-state index is -0.113. The smallest absolute Gasteiger partial charge is 0.147 e. The van der Waals surface area contributed by atoms with E-state index in [0.29, 0.717) is 27.9 Å². The maximum absolute atomic E-state index is 8.42. The van der Waals surface area contributed by atoms with Gasteiger partial charge in [0.15, 0.2) is 0 Å². The predicted octanol–water partition coefficient (Wildman–Crippen LogP) is 4.13. The van der Waals surface area contributed by atoms with Gasteiger partial charge in [0.1, 0.15) is 11.5 Å². The summed E-state index contributed by atoms with van der Waals surface area (Å²) in [6.45, 7) is 3.90. The second-order valence-electron chi connectivity index (χ2n) is 7.11. The highest BCUT2D eigenvalue weighted by Gasteiger charge is 2.24. The number of allylic oxidation sites excluding steroid dienone is 6. The number of anilines is 1. The maximum Gasteiger partial charge on any atom is 0.147 e. The molecule has 1 atom stereocenters. The van der Waals surface area contributed by atoms with Crippen molar-refractivity contribution < 1.29 is 0 Å². The van der Waals surface area contributed by atoms with E-state index >= 15 is 0 Å². The third-order valence-corrected chi connectivity index (χ3v) is 5.60. The van der Waals surface area contributed by atoms with Crippen LogP contribution in [0.5, 0.6) is 0 Å². The highest BCUT2D eigenvalue weighted by molar-refractivity contribution is 6.40. The van der Waals surface area contributed by atoms with Gasteiger partial charge in [0, 0.05) is 30.1 Å². The zero-order valence-corrected chi connectivity index (χ0v) is 16.3. The van der Waals surface area contributed by atoms with E-state index in [0.717, 1.165) is 43.7 Å². The van der Waals surface area contributed by atoms with Crippen molar-refractivity contribution in [2.24, 2.45) is 5.73 Å². The molecule has 1 saturated heterocycles. The van der Waals surface area contributed by atoms with Crippen molar-refractivity contribution in [3.05, 3.63) is 52.0 Å². The average Bonchev–Trinajstić information content (AvgIpc) is 2.90. The van der Waals surface area contributed by atoms with Gasteiger partial charge >= 0.3 is 0 Å². The number of hydrogen-bond donors (Lipinski definition) is 2. The number of hydrogen-bond acceptors (Lipinski definition) is 5. The zero-order valence-electron chi connectivity index (χ0n) is 14.8. The minimum absolute atomic E-state index is 0.113. The normalized spacial score (nSPS) is 24.2. The van der Waals surface area contributed by atoms with Crippen LogP contribution in [-0.2, 0) is 0 Å². The third-order valence-electron chi connectivity index (χ3n) is 4.81. The van der Waals surface area contributed by atoms with E-state index in [1.54, 1.807) is 24.5 Å². The molecular formula is C19H23Cl2N5. The zero-order chi connectivity index (χ0) is 18.7. The van der Waals surface area contributed by atoms with Crippen molar-refractivity contribution >= 4 is 34.7 Å². The Hall–Kier alpha value is -1.69. The molecule has 138 valence electrons. The SMILES string of the molecule is CC1(N)CCCN(c2cnc(C(=N)C3=CC=CC(Cl)=C(Cl)C3)cn2)CC1. The van der Waals surface area contributed by atoms with Gasteiger partial charge in [0.25, 0.3) is 0 Å². The Morgan fingerprint density at radius 3 is 2.77 bits per heavy atom. The fourth-order valence-electron chi connectivity index (χ4n) is 3.13. The maximum atomic E-state index is 8.42. The molecule has 0 bridgehead atoms. The first kappa shape index (κ1) is 19.1. The Kier molecular flexibility index (Phi) is 5.80. The van der Waals surface area contributed by atoms with E-state index in [1.165, 1.54) is 0 Å². The van der Waals surface area contributed by atoms with Gasteiger partial charge < -0.3 is 10.6 Å². The fraction of sp³-hybridized carbons (Fsp3) is 0.421. The molecular weight excluding hydrogens is 369 g/mol. The van der Waals surface area contributed by atoms with Crippen LogP contribution in [0.4, 0.5) is 5.82 Å². The van der Waals surface area contributed by atoms with Crippen molar-refractivity contribution in [2.75, 3.05) is 18.0 Å². The van der Waals surface area contributed by atoms with E-state index < -0.39 is 0 Å². The van der Waals surface area contributed by atoms with Gasteiger partial charge in [-0.3, -0.25) is 5.41 Å². The molecule has 0 aromatic carbocycles. The van der Waals surface area contributed by atoms with Gasteiger partial charge in [0.05, 0.1) is 23.1 Å². The number of nitrogens with one attached hydrogen (secondary N) is 1. The van der Waals surface area contributed by atoms with Gasteiger partial charge in [-0.25, -0.2) is 9.97 Å². The molecule has 1 aromatic heterocycles. The van der Waals surface area contributed by atoms with Crippen LogP contribution in [0.15, 0.2) is 46.3 Å². The van der Waals surface area contributed by atoms with Crippen molar-refractivity contribution in [1.29, 1.82) is 5.41 Å². The fourth-order valence-corrected chi connectivity index (χ4v) is 3.48. The molecule has 0 saturated carbocycles. The molecule has 3 rings (SSSR count). The predicted molar refractivity (Wildman–Crippen MR) is 108 cm³/mol. The average molecular weight is 392 g/mol. The largest absolute Gasteiger partial charge is 0.355 e. The van der Waals surface area contributed by atoms with E-state index in [1.807, 2.05) is 6.08 Å². The molecule has 1 aliphatic heterocycles. The molecule has 7 heteroatoms. The van der Waals surface area contributed by atoms with Crippen molar-refractivity contribution in [3.8, 4) is 0 Å². The van der Waals surface area contributed by atoms with Crippen molar-refractivity contribution in [3.63, 3.8) is 0 Å². The lowest BCUT2D eigenvalue weighted by atomic mass is 9.95. The summed E-state index contributed by atoms with van der Waals surface area (Å²) in [5.41, 5.74) is 7.75.